The fraction of sp³-hybridized carbons (Fsp3) is 0.417. The van der Waals surface area contributed by atoms with Gasteiger partial charge in [0, 0.05) is 28.9 Å². The third-order valence-electron chi connectivity index (χ3n) is 2.85. The zero-order chi connectivity index (χ0) is 15.5. The quantitative estimate of drug-likeness (QED) is 0.805. The Balaban J connectivity index is 3.06. The van der Waals surface area contributed by atoms with E-state index in [-0.39, 0.29) is 22.3 Å². The van der Waals surface area contributed by atoms with Crippen LogP contribution in [0.2, 0.25) is 0 Å². The lowest BCUT2D eigenvalue weighted by atomic mass is 10.1. The molecule has 1 aromatic rings. The van der Waals surface area contributed by atoms with Crippen LogP contribution in [0, 0.1) is 6.92 Å². The molecule has 1 rings (SSSR count). The van der Waals surface area contributed by atoms with Crippen molar-refractivity contribution in [3.8, 4) is 0 Å². The molecule has 2 unspecified atom stereocenters. The summed E-state index contributed by atoms with van der Waals surface area (Å²) in [4.78, 5) is 10.8. The number of aryl methyl sites for hydroxylation is 1. The van der Waals surface area contributed by atoms with Crippen LogP contribution in [0.5, 0.6) is 0 Å². The Hall–Kier alpha value is -1.25. The van der Waals surface area contributed by atoms with E-state index in [0.717, 1.165) is 6.07 Å². The molecule has 0 aromatic heterocycles. The highest BCUT2D eigenvalue weighted by molar-refractivity contribution is 7.89. The number of nitrogens with one attached hydrogen (secondary N) is 1. The van der Waals surface area contributed by atoms with Crippen LogP contribution in [0.1, 0.15) is 22.8 Å². The Morgan fingerprint density at radius 2 is 2.05 bits per heavy atom. The van der Waals surface area contributed by atoms with E-state index >= 15 is 0 Å². The second kappa shape index (κ2) is 6.47. The van der Waals surface area contributed by atoms with Crippen molar-refractivity contribution in [1.82, 2.24) is 4.72 Å². The van der Waals surface area contributed by atoms with Crippen molar-refractivity contribution in [2.45, 2.75) is 24.0 Å². The first-order chi connectivity index (χ1) is 9.15. The van der Waals surface area contributed by atoms with Crippen molar-refractivity contribution in [3.05, 3.63) is 29.3 Å². The van der Waals surface area contributed by atoms with Gasteiger partial charge in [0.15, 0.2) is 0 Å². The number of hydrogen-bond donors (Lipinski definition) is 2. The molecule has 0 aliphatic carbocycles. The van der Waals surface area contributed by atoms with Crippen LogP contribution < -0.4 is 4.72 Å². The maximum atomic E-state index is 12.2. The number of hydrogen-bond acceptors (Lipinski definition) is 4. The minimum Gasteiger partial charge on any atom is -0.478 e. The van der Waals surface area contributed by atoms with Gasteiger partial charge in [0.1, 0.15) is 0 Å². The zero-order valence-electron chi connectivity index (χ0n) is 11.4. The van der Waals surface area contributed by atoms with Crippen LogP contribution in [0.15, 0.2) is 23.1 Å². The maximum absolute atomic E-state index is 12.2. The Bertz CT molecular complexity index is 639. The lowest BCUT2D eigenvalue weighted by molar-refractivity contribution is 0.0696. The average molecular weight is 319 g/mol. The summed E-state index contributed by atoms with van der Waals surface area (Å²) in [5, 5.41) is 8.58. The molecule has 0 bridgehead atoms. The summed E-state index contributed by atoms with van der Waals surface area (Å²) in [6.07, 6.45) is 1.50. The molecule has 0 spiro atoms. The van der Waals surface area contributed by atoms with Crippen molar-refractivity contribution in [2.75, 3.05) is 12.8 Å². The molecular formula is C12H17NO5S2. The first kappa shape index (κ1) is 16.8. The molecule has 20 heavy (non-hydrogen) atoms. The summed E-state index contributed by atoms with van der Waals surface area (Å²) in [6.45, 7) is 3.28. The van der Waals surface area contributed by atoms with Crippen molar-refractivity contribution < 1.29 is 22.5 Å². The lowest BCUT2D eigenvalue weighted by Gasteiger charge is -2.12. The van der Waals surface area contributed by atoms with Gasteiger partial charge in [-0.25, -0.2) is 17.9 Å². The van der Waals surface area contributed by atoms with Crippen LogP contribution in [0.25, 0.3) is 0 Å². The summed E-state index contributed by atoms with van der Waals surface area (Å²) in [5.74, 6) is -1.19. The summed E-state index contributed by atoms with van der Waals surface area (Å²) in [7, 11) is -4.96. The van der Waals surface area contributed by atoms with Gasteiger partial charge in [0.2, 0.25) is 10.0 Å². The second-order valence-corrected chi connectivity index (χ2v) is 7.98. The molecule has 1 aromatic carbocycles. The smallest absolute Gasteiger partial charge is 0.335 e. The molecular weight excluding hydrogens is 302 g/mol. The number of sulfonamides is 1. The summed E-state index contributed by atoms with van der Waals surface area (Å²) >= 11 is 0. The monoisotopic (exact) mass is 319 g/mol. The molecule has 8 heteroatoms. The van der Waals surface area contributed by atoms with Crippen molar-refractivity contribution in [3.63, 3.8) is 0 Å². The minimum atomic E-state index is -3.82. The number of benzene rings is 1. The third kappa shape index (κ3) is 4.12. The molecule has 0 saturated carbocycles. The number of aromatic carboxylic acids is 1. The second-order valence-electron chi connectivity index (χ2n) is 4.45. The standard InChI is InChI=1S/C12H17NO5S2/c1-8-4-5-10(12(14)15)6-11(8)20(17,18)13-7-9(2)19(3)16/h4-6,9,13H,7H2,1-3H3,(H,14,15). The molecule has 0 aliphatic rings. The van der Waals surface area contributed by atoms with E-state index in [4.69, 9.17) is 5.11 Å². The van der Waals surface area contributed by atoms with Gasteiger partial charge < -0.3 is 5.11 Å². The van der Waals surface area contributed by atoms with E-state index < -0.39 is 26.8 Å². The molecule has 112 valence electrons. The van der Waals surface area contributed by atoms with Crippen molar-refractivity contribution >= 4 is 26.8 Å². The summed E-state index contributed by atoms with van der Waals surface area (Å²) < 4.78 is 37.9. The Labute approximate surface area is 120 Å². The maximum Gasteiger partial charge on any atom is 0.335 e. The van der Waals surface area contributed by atoms with Crippen molar-refractivity contribution in [1.29, 1.82) is 0 Å². The third-order valence-corrected chi connectivity index (χ3v) is 5.72. The van der Waals surface area contributed by atoms with E-state index in [1.807, 2.05) is 0 Å². The number of carbonyl (C=O) groups is 1. The van der Waals surface area contributed by atoms with Gasteiger partial charge in [0.05, 0.1) is 10.5 Å². The summed E-state index contributed by atoms with van der Waals surface area (Å²) in [6, 6.07) is 3.91. The molecule has 0 aliphatic heterocycles. The van der Waals surface area contributed by atoms with E-state index in [9.17, 15) is 17.4 Å². The van der Waals surface area contributed by atoms with Gasteiger partial charge >= 0.3 is 5.97 Å². The van der Waals surface area contributed by atoms with E-state index in [2.05, 4.69) is 4.72 Å². The normalized spacial score (nSPS) is 14.8. The van der Waals surface area contributed by atoms with Crippen LogP contribution in [-0.2, 0) is 20.8 Å². The molecule has 2 atom stereocenters. The first-order valence-electron chi connectivity index (χ1n) is 5.81. The number of carboxylic acids is 1. The Morgan fingerprint density at radius 1 is 1.45 bits per heavy atom. The highest BCUT2D eigenvalue weighted by atomic mass is 32.2. The average Bonchev–Trinajstić information content (AvgIpc) is 2.35. The van der Waals surface area contributed by atoms with Crippen LogP contribution >= 0.6 is 0 Å². The fourth-order valence-electron chi connectivity index (χ4n) is 1.44. The fourth-order valence-corrected chi connectivity index (χ4v) is 3.27. The summed E-state index contributed by atoms with van der Waals surface area (Å²) in [5.41, 5.74) is 0.357. The molecule has 6 nitrogen and oxygen atoms in total. The molecule has 0 heterocycles. The molecule has 0 saturated heterocycles. The lowest BCUT2D eigenvalue weighted by Crippen LogP contribution is -2.33. The molecule has 0 fully saturated rings. The van der Waals surface area contributed by atoms with Gasteiger partial charge in [-0.3, -0.25) is 4.21 Å². The topological polar surface area (TPSA) is 101 Å². The molecule has 0 radical (unpaired) electrons. The first-order valence-corrected chi connectivity index (χ1v) is 8.91. The number of carboxylic acid groups (broad SMARTS) is 1. The van der Waals surface area contributed by atoms with E-state index in [1.165, 1.54) is 18.4 Å². The number of rotatable bonds is 6. The van der Waals surface area contributed by atoms with Gasteiger partial charge in [-0.05, 0) is 31.5 Å². The zero-order valence-corrected chi connectivity index (χ0v) is 13.0. The van der Waals surface area contributed by atoms with Crippen LogP contribution in [0.3, 0.4) is 0 Å². The van der Waals surface area contributed by atoms with Crippen molar-refractivity contribution in [2.24, 2.45) is 0 Å². The minimum absolute atomic E-state index is 0.0299. The largest absolute Gasteiger partial charge is 0.478 e. The Kier molecular flexibility index (Phi) is 5.43. The SMILES string of the molecule is Cc1ccc(C(=O)O)cc1S(=O)(=O)NCC(C)S(C)=O. The van der Waals surface area contributed by atoms with Crippen LogP contribution in [0.4, 0.5) is 0 Å². The predicted molar refractivity (Wildman–Crippen MR) is 76.9 cm³/mol. The highest BCUT2D eigenvalue weighted by Crippen LogP contribution is 2.17. The van der Waals surface area contributed by atoms with Gasteiger partial charge in [-0.15, -0.1) is 0 Å². The molecule has 0 amide bonds. The molecule has 2 N–H and O–H groups in total. The van der Waals surface area contributed by atoms with E-state index in [0.29, 0.717) is 5.56 Å². The van der Waals surface area contributed by atoms with Gasteiger partial charge in [0.25, 0.3) is 0 Å². The van der Waals surface area contributed by atoms with Gasteiger partial charge in [-0.1, -0.05) is 6.07 Å². The van der Waals surface area contributed by atoms with E-state index in [1.54, 1.807) is 13.8 Å². The Morgan fingerprint density at radius 3 is 2.55 bits per heavy atom. The highest BCUT2D eigenvalue weighted by Gasteiger charge is 2.20. The predicted octanol–water partition coefficient (Wildman–Crippen LogP) is 0.739. The van der Waals surface area contributed by atoms with Crippen LogP contribution in [-0.4, -0.2) is 41.8 Å². The van der Waals surface area contributed by atoms with Gasteiger partial charge in [-0.2, -0.15) is 0 Å².